The average molecular weight is 559 g/mol. The van der Waals surface area contributed by atoms with Crippen LogP contribution in [0.25, 0.3) is 0 Å². The van der Waals surface area contributed by atoms with Gasteiger partial charge in [-0.1, -0.05) is 77.6 Å². The molecule has 4 rings (SSSR count). The fraction of sp³-hybridized carbons (Fsp3) is 0.562. The van der Waals surface area contributed by atoms with Crippen molar-refractivity contribution in [3.63, 3.8) is 0 Å². The highest BCUT2D eigenvalue weighted by Gasteiger charge is 2.83. The minimum atomic E-state index is -0.361. The summed E-state index contributed by atoms with van der Waals surface area (Å²) < 4.78 is 1.20. The van der Waals surface area contributed by atoms with E-state index in [1.165, 1.54) is 0 Å². The van der Waals surface area contributed by atoms with Crippen LogP contribution in [0.1, 0.15) is 26.7 Å². The van der Waals surface area contributed by atoms with Crippen LogP contribution in [0.15, 0.2) is 28.7 Å². The van der Waals surface area contributed by atoms with Crippen LogP contribution in [-0.4, -0.2) is 14.5 Å². The highest BCUT2D eigenvalue weighted by atomic mass is 79.9. The van der Waals surface area contributed by atoms with Crippen LogP contribution in [0, 0.1) is 16.2 Å². The third kappa shape index (κ3) is 1.96. The van der Waals surface area contributed by atoms with Crippen LogP contribution in [0.4, 0.5) is 5.69 Å². The van der Waals surface area contributed by atoms with E-state index in [1.54, 1.807) is 0 Å². The van der Waals surface area contributed by atoms with Crippen molar-refractivity contribution in [3.05, 3.63) is 28.7 Å². The predicted molar refractivity (Wildman–Crippen MR) is 105 cm³/mol. The first kappa shape index (κ1) is 17.4. The zero-order chi connectivity index (χ0) is 16.3. The highest BCUT2D eigenvalue weighted by molar-refractivity contribution is 9.24. The molecule has 1 aromatic rings. The van der Waals surface area contributed by atoms with Gasteiger partial charge in [-0.25, -0.2) is 0 Å². The largest absolute Gasteiger partial charge is 0.326 e. The van der Waals surface area contributed by atoms with E-state index in [4.69, 9.17) is 0 Å². The molecule has 1 amide bonds. The van der Waals surface area contributed by atoms with Gasteiger partial charge in [-0.2, -0.15) is 0 Å². The van der Waals surface area contributed by atoms with Crippen molar-refractivity contribution >= 4 is 75.3 Å². The normalized spacial score (nSPS) is 35.3. The van der Waals surface area contributed by atoms with Gasteiger partial charge in [0, 0.05) is 20.4 Å². The lowest BCUT2D eigenvalue weighted by molar-refractivity contribution is -0.155. The second-order valence-corrected chi connectivity index (χ2v) is 11.7. The third-order valence-electron chi connectivity index (χ3n) is 5.99. The maximum Gasteiger partial charge on any atom is 0.232 e. The van der Waals surface area contributed by atoms with Crippen LogP contribution in [0.2, 0.25) is 0 Å². The van der Waals surface area contributed by atoms with E-state index in [2.05, 4.69) is 82.9 Å². The van der Waals surface area contributed by atoms with E-state index < -0.39 is 0 Å². The molecule has 0 radical (unpaired) electrons. The molecule has 0 aliphatic heterocycles. The topological polar surface area (TPSA) is 29.1 Å². The average Bonchev–Trinajstić information content (AvgIpc) is 2.91. The minimum absolute atomic E-state index is 0.0596. The third-order valence-corrected chi connectivity index (χ3v) is 9.75. The molecule has 3 fully saturated rings. The number of carbonyl (C=O) groups excluding carboxylic acids is 1. The first-order valence-corrected chi connectivity index (χ1v) is 10.7. The highest BCUT2D eigenvalue weighted by Crippen LogP contribution is 2.82. The molecule has 2 bridgehead atoms. The molecule has 2 nitrogen and oxygen atoms in total. The van der Waals surface area contributed by atoms with Crippen LogP contribution in [-0.2, 0) is 4.79 Å². The van der Waals surface area contributed by atoms with Crippen molar-refractivity contribution in [2.75, 3.05) is 5.32 Å². The summed E-state index contributed by atoms with van der Waals surface area (Å²) in [5, 5.41) is 3.11. The number of halogens is 4. The molecule has 0 saturated heterocycles. The summed E-state index contributed by atoms with van der Waals surface area (Å²) in [6.45, 7) is 4.43. The molecule has 3 aliphatic carbocycles. The molecule has 3 atom stereocenters. The number of rotatable bonds is 3. The predicted octanol–water partition coefficient (Wildman–Crippen LogP) is 6.07. The Morgan fingerprint density at radius 2 is 1.82 bits per heavy atom. The zero-order valence-corrected chi connectivity index (χ0v) is 18.6. The number of carbonyl (C=O) groups is 1. The van der Waals surface area contributed by atoms with Gasteiger partial charge in [0.05, 0.1) is 9.15 Å². The Labute approximate surface area is 164 Å². The standard InChI is InChI=1S/C16H17Br4NO/c1-14(2)15(12(19)20)7-8-16(14,11(15)18)13(22)21-10-5-3-9(17)4-6-10/h3-6,11-12H,7-8H2,1-2H3,(H,21,22). The van der Waals surface area contributed by atoms with E-state index in [1.807, 2.05) is 24.3 Å². The van der Waals surface area contributed by atoms with E-state index in [0.29, 0.717) is 0 Å². The Morgan fingerprint density at radius 1 is 1.23 bits per heavy atom. The molecular formula is C16H17Br4NO. The number of alkyl halides is 3. The van der Waals surface area contributed by atoms with E-state index >= 15 is 0 Å². The van der Waals surface area contributed by atoms with Gasteiger partial charge in [-0.15, -0.1) is 0 Å². The van der Waals surface area contributed by atoms with Crippen LogP contribution >= 0.6 is 63.7 Å². The minimum Gasteiger partial charge on any atom is -0.326 e. The molecule has 0 heterocycles. The second-order valence-electron chi connectivity index (χ2n) is 6.76. The molecule has 1 N–H and O–H groups in total. The molecule has 0 spiro atoms. The van der Waals surface area contributed by atoms with Gasteiger partial charge in [-0.3, -0.25) is 4.79 Å². The second kappa shape index (κ2) is 5.57. The van der Waals surface area contributed by atoms with Crippen LogP contribution < -0.4 is 5.32 Å². The van der Waals surface area contributed by atoms with Gasteiger partial charge in [-0.05, 0) is 42.5 Å². The van der Waals surface area contributed by atoms with Gasteiger partial charge in [0.15, 0.2) is 0 Å². The summed E-state index contributed by atoms with van der Waals surface area (Å²) in [5.41, 5.74) is 0.464. The van der Waals surface area contributed by atoms with Crippen molar-refractivity contribution in [2.45, 2.75) is 35.3 Å². The maximum absolute atomic E-state index is 13.1. The number of nitrogens with one attached hydrogen (secondary N) is 1. The van der Waals surface area contributed by atoms with Crippen LogP contribution in [0.3, 0.4) is 0 Å². The first-order chi connectivity index (χ1) is 10.2. The number of benzene rings is 1. The van der Waals surface area contributed by atoms with Gasteiger partial charge < -0.3 is 5.32 Å². The fourth-order valence-electron chi connectivity index (χ4n) is 4.47. The number of hydrogen-bond donors (Lipinski definition) is 1. The quantitative estimate of drug-likeness (QED) is 0.448. The Balaban J connectivity index is 1.89. The molecule has 22 heavy (non-hydrogen) atoms. The lowest BCUT2D eigenvalue weighted by Crippen LogP contribution is -2.71. The SMILES string of the molecule is CC1(C)C2(C(=O)Nc3ccc(Br)cc3)CCC1(C(Br)Br)C2Br. The van der Waals surface area contributed by atoms with Gasteiger partial charge in [0.1, 0.15) is 0 Å². The summed E-state index contributed by atoms with van der Waals surface area (Å²) in [5.74, 6) is 0.121. The summed E-state index contributed by atoms with van der Waals surface area (Å²) in [4.78, 5) is 13.2. The van der Waals surface area contributed by atoms with Crippen molar-refractivity contribution < 1.29 is 4.79 Å². The van der Waals surface area contributed by atoms with E-state index in [0.717, 1.165) is 23.0 Å². The van der Waals surface area contributed by atoms with Crippen molar-refractivity contribution in [1.29, 1.82) is 0 Å². The summed E-state index contributed by atoms with van der Waals surface area (Å²) in [6, 6.07) is 7.73. The number of anilines is 1. The Morgan fingerprint density at radius 3 is 2.27 bits per heavy atom. The van der Waals surface area contributed by atoms with Crippen LogP contribution in [0.5, 0.6) is 0 Å². The number of fused-ring (bicyclic) bond motifs is 1. The lowest BCUT2D eigenvalue weighted by atomic mass is 9.43. The molecule has 6 heteroatoms. The van der Waals surface area contributed by atoms with Gasteiger partial charge in [0.2, 0.25) is 5.91 Å². The van der Waals surface area contributed by atoms with Crippen molar-refractivity contribution in [2.24, 2.45) is 16.2 Å². The Bertz CT molecular complexity index is 615. The van der Waals surface area contributed by atoms with E-state index in [-0.39, 0.29) is 30.7 Å². The molecule has 3 aliphatic rings. The van der Waals surface area contributed by atoms with E-state index in [9.17, 15) is 4.79 Å². The smallest absolute Gasteiger partial charge is 0.232 e. The summed E-state index contributed by atoms with van der Waals surface area (Å²) >= 11 is 14.7. The number of amides is 1. The first-order valence-electron chi connectivity index (χ1n) is 7.19. The summed E-state index contributed by atoms with van der Waals surface area (Å²) in [7, 11) is 0. The van der Waals surface area contributed by atoms with Crippen molar-refractivity contribution in [1.82, 2.24) is 0 Å². The van der Waals surface area contributed by atoms with Crippen molar-refractivity contribution in [3.8, 4) is 0 Å². The number of hydrogen-bond acceptors (Lipinski definition) is 1. The molecule has 3 unspecified atom stereocenters. The van der Waals surface area contributed by atoms with Gasteiger partial charge >= 0.3 is 0 Å². The maximum atomic E-state index is 13.1. The Hall–Kier alpha value is 0.610. The molecule has 1 aromatic carbocycles. The fourth-order valence-corrected chi connectivity index (χ4v) is 9.65. The Kier molecular flexibility index (Phi) is 4.41. The summed E-state index contributed by atoms with van der Waals surface area (Å²) in [6.07, 6.45) is 1.94. The molecule has 3 saturated carbocycles. The zero-order valence-electron chi connectivity index (χ0n) is 12.3. The molecular weight excluding hydrogens is 542 g/mol. The monoisotopic (exact) mass is 555 g/mol. The van der Waals surface area contributed by atoms with Gasteiger partial charge in [0.25, 0.3) is 0 Å². The lowest BCUT2D eigenvalue weighted by Gasteiger charge is -2.66. The molecule has 0 aromatic heterocycles. The molecule has 120 valence electrons.